The summed E-state index contributed by atoms with van der Waals surface area (Å²) in [6, 6.07) is 15.4. The van der Waals surface area contributed by atoms with E-state index in [1.54, 1.807) is 10.6 Å². The van der Waals surface area contributed by atoms with Crippen LogP contribution in [-0.2, 0) is 22.5 Å². The van der Waals surface area contributed by atoms with Crippen molar-refractivity contribution in [2.75, 3.05) is 18.1 Å². The standard InChI is InChI=1S/C24H25N3O3S/c1-16(22(28)26-13-12-17-7-2-5-11-21(17)26)31-24-25-20-10-4-3-9-19(20)23(29)27(24)15-18-8-6-14-30-18/h2-5,7,9-11,16,18H,6,8,12-15H2,1H3. The van der Waals surface area contributed by atoms with E-state index >= 15 is 0 Å². The molecule has 6 nitrogen and oxygen atoms in total. The number of ether oxygens (including phenoxy) is 1. The van der Waals surface area contributed by atoms with Crippen molar-refractivity contribution in [2.45, 2.75) is 49.2 Å². The Bertz CT molecular complexity index is 1190. The van der Waals surface area contributed by atoms with Crippen LogP contribution in [0.4, 0.5) is 5.69 Å². The van der Waals surface area contributed by atoms with E-state index in [2.05, 4.69) is 6.07 Å². The largest absolute Gasteiger partial charge is 0.376 e. The highest BCUT2D eigenvalue weighted by molar-refractivity contribution is 8.00. The number of rotatable bonds is 5. The second-order valence-corrected chi connectivity index (χ2v) is 9.40. The zero-order valence-corrected chi connectivity index (χ0v) is 18.3. The smallest absolute Gasteiger partial charge is 0.262 e. The first kappa shape index (κ1) is 20.3. The summed E-state index contributed by atoms with van der Waals surface area (Å²) >= 11 is 1.36. The van der Waals surface area contributed by atoms with Gasteiger partial charge in [-0.05, 0) is 49.9 Å². The lowest BCUT2D eigenvalue weighted by Crippen LogP contribution is -2.36. The van der Waals surface area contributed by atoms with Gasteiger partial charge in [0, 0.05) is 18.8 Å². The molecule has 0 bridgehead atoms. The number of aromatic nitrogens is 2. The first-order valence-electron chi connectivity index (χ1n) is 10.8. The second kappa shape index (κ2) is 8.48. The predicted octanol–water partition coefficient (Wildman–Crippen LogP) is 3.65. The SMILES string of the molecule is CC(Sc1nc2ccccc2c(=O)n1CC1CCCO1)C(=O)N1CCc2ccccc21. The van der Waals surface area contributed by atoms with Crippen LogP contribution >= 0.6 is 11.8 Å². The third kappa shape index (κ3) is 3.88. The van der Waals surface area contributed by atoms with Crippen molar-refractivity contribution in [2.24, 2.45) is 0 Å². The summed E-state index contributed by atoms with van der Waals surface area (Å²) < 4.78 is 7.48. The van der Waals surface area contributed by atoms with Gasteiger partial charge in [-0.25, -0.2) is 4.98 Å². The normalized spacial score (nSPS) is 19.0. The highest BCUT2D eigenvalue weighted by Gasteiger charge is 2.30. The number of amides is 1. The quantitative estimate of drug-likeness (QED) is 0.452. The second-order valence-electron chi connectivity index (χ2n) is 8.09. The molecule has 0 aliphatic carbocycles. The Balaban J connectivity index is 1.46. The number of para-hydroxylation sites is 2. The zero-order chi connectivity index (χ0) is 21.4. The molecule has 2 aliphatic rings. The van der Waals surface area contributed by atoms with Crippen LogP contribution in [0.25, 0.3) is 10.9 Å². The van der Waals surface area contributed by atoms with Crippen molar-refractivity contribution in [1.82, 2.24) is 9.55 Å². The topological polar surface area (TPSA) is 64.4 Å². The molecule has 0 saturated carbocycles. The Labute approximate surface area is 185 Å². The Morgan fingerprint density at radius 1 is 1.23 bits per heavy atom. The lowest BCUT2D eigenvalue weighted by Gasteiger charge is -2.22. The van der Waals surface area contributed by atoms with Gasteiger partial charge in [-0.2, -0.15) is 0 Å². The van der Waals surface area contributed by atoms with Gasteiger partial charge >= 0.3 is 0 Å². The molecule has 1 amide bonds. The summed E-state index contributed by atoms with van der Waals surface area (Å²) in [5, 5.41) is 0.805. The molecule has 2 atom stereocenters. The van der Waals surface area contributed by atoms with E-state index in [0.29, 0.717) is 29.1 Å². The van der Waals surface area contributed by atoms with Crippen molar-refractivity contribution in [1.29, 1.82) is 0 Å². The van der Waals surface area contributed by atoms with Gasteiger partial charge in [0.2, 0.25) is 5.91 Å². The van der Waals surface area contributed by atoms with Gasteiger partial charge in [-0.1, -0.05) is 42.1 Å². The molecule has 3 heterocycles. The maximum Gasteiger partial charge on any atom is 0.262 e. The molecule has 5 rings (SSSR count). The fourth-order valence-corrected chi connectivity index (χ4v) is 5.37. The van der Waals surface area contributed by atoms with Crippen molar-refractivity contribution in [3.63, 3.8) is 0 Å². The Morgan fingerprint density at radius 2 is 2.03 bits per heavy atom. The summed E-state index contributed by atoms with van der Waals surface area (Å²) in [5.41, 5.74) is 2.77. The summed E-state index contributed by atoms with van der Waals surface area (Å²) in [6.07, 6.45) is 2.82. The molecule has 31 heavy (non-hydrogen) atoms. The van der Waals surface area contributed by atoms with Gasteiger partial charge in [0.15, 0.2) is 5.16 Å². The molecule has 1 fully saturated rings. The Kier molecular flexibility index (Phi) is 5.54. The molecule has 3 aromatic rings. The van der Waals surface area contributed by atoms with E-state index in [1.165, 1.54) is 17.3 Å². The number of anilines is 1. The van der Waals surface area contributed by atoms with Gasteiger partial charge in [0.05, 0.1) is 28.8 Å². The van der Waals surface area contributed by atoms with E-state index in [9.17, 15) is 9.59 Å². The Hall–Kier alpha value is -2.64. The van der Waals surface area contributed by atoms with E-state index in [0.717, 1.165) is 31.6 Å². The number of hydrogen-bond donors (Lipinski definition) is 0. The van der Waals surface area contributed by atoms with E-state index in [4.69, 9.17) is 9.72 Å². The molecular formula is C24H25N3O3S. The molecule has 1 aromatic heterocycles. The van der Waals surface area contributed by atoms with Crippen molar-refractivity contribution in [3.8, 4) is 0 Å². The van der Waals surface area contributed by atoms with Gasteiger partial charge in [-0.15, -0.1) is 0 Å². The molecule has 1 saturated heterocycles. The summed E-state index contributed by atoms with van der Waals surface area (Å²) in [4.78, 5) is 33.2. The average molecular weight is 436 g/mol. The molecular weight excluding hydrogens is 410 g/mol. The number of hydrogen-bond acceptors (Lipinski definition) is 5. The third-order valence-corrected chi connectivity index (χ3v) is 7.10. The van der Waals surface area contributed by atoms with Gasteiger partial charge in [-0.3, -0.25) is 14.2 Å². The van der Waals surface area contributed by atoms with Gasteiger partial charge < -0.3 is 9.64 Å². The minimum absolute atomic E-state index is 0.0106. The molecule has 2 aromatic carbocycles. The molecule has 2 unspecified atom stereocenters. The molecule has 7 heteroatoms. The maximum absolute atomic E-state index is 13.3. The summed E-state index contributed by atoms with van der Waals surface area (Å²) in [7, 11) is 0. The van der Waals surface area contributed by atoms with Gasteiger partial charge in [0.1, 0.15) is 0 Å². The van der Waals surface area contributed by atoms with Crippen molar-refractivity contribution >= 4 is 34.3 Å². The van der Waals surface area contributed by atoms with Crippen LogP contribution < -0.4 is 10.5 Å². The minimum atomic E-state index is -0.366. The van der Waals surface area contributed by atoms with Crippen LogP contribution in [0.3, 0.4) is 0 Å². The lowest BCUT2D eigenvalue weighted by molar-refractivity contribution is -0.117. The monoisotopic (exact) mass is 435 g/mol. The average Bonchev–Trinajstić information content (AvgIpc) is 3.46. The minimum Gasteiger partial charge on any atom is -0.376 e. The van der Waals surface area contributed by atoms with Crippen molar-refractivity contribution in [3.05, 3.63) is 64.4 Å². The summed E-state index contributed by atoms with van der Waals surface area (Å²) in [5.74, 6) is 0.0426. The van der Waals surface area contributed by atoms with E-state index in [-0.39, 0.29) is 22.8 Å². The fourth-order valence-electron chi connectivity index (χ4n) is 4.39. The molecule has 0 radical (unpaired) electrons. The lowest BCUT2D eigenvalue weighted by atomic mass is 10.2. The predicted molar refractivity (Wildman–Crippen MR) is 123 cm³/mol. The number of fused-ring (bicyclic) bond motifs is 2. The zero-order valence-electron chi connectivity index (χ0n) is 17.5. The van der Waals surface area contributed by atoms with Crippen LogP contribution in [0, 0.1) is 0 Å². The molecule has 2 aliphatic heterocycles. The maximum atomic E-state index is 13.3. The third-order valence-electron chi connectivity index (χ3n) is 6.02. The number of thioether (sulfide) groups is 1. The molecule has 0 N–H and O–H groups in total. The number of nitrogens with zero attached hydrogens (tertiary/aromatic N) is 3. The van der Waals surface area contributed by atoms with E-state index in [1.807, 2.05) is 48.2 Å². The van der Waals surface area contributed by atoms with E-state index < -0.39 is 0 Å². The molecule has 160 valence electrons. The highest BCUT2D eigenvalue weighted by atomic mass is 32.2. The Morgan fingerprint density at radius 3 is 2.87 bits per heavy atom. The number of carbonyl (C=O) groups excluding carboxylic acids is 1. The van der Waals surface area contributed by atoms with Crippen molar-refractivity contribution < 1.29 is 9.53 Å². The van der Waals surface area contributed by atoms with Crippen LogP contribution in [-0.4, -0.2) is 40.0 Å². The van der Waals surface area contributed by atoms with Crippen LogP contribution in [0.2, 0.25) is 0 Å². The van der Waals surface area contributed by atoms with Crippen LogP contribution in [0.1, 0.15) is 25.3 Å². The van der Waals surface area contributed by atoms with Crippen LogP contribution in [0.5, 0.6) is 0 Å². The molecule has 0 spiro atoms. The number of carbonyl (C=O) groups is 1. The highest BCUT2D eigenvalue weighted by Crippen LogP contribution is 2.31. The summed E-state index contributed by atoms with van der Waals surface area (Å²) in [6.45, 7) is 3.78. The fraction of sp³-hybridized carbons (Fsp3) is 0.375. The van der Waals surface area contributed by atoms with Crippen LogP contribution in [0.15, 0.2) is 58.5 Å². The van der Waals surface area contributed by atoms with Gasteiger partial charge in [0.25, 0.3) is 5.56 Å². The first-order valence-corrected chi connectivity index (χ1v) is 11.7. The first-order chi connectivity index (χ1) is 15.1. The number of benzene rings is 2.